The highest BCUT2D eigenvalue weighted by Crippen LogP contribution is 2.24. The maximum atomic E-state index is 10.9. The second kappa shape index (κ2) is 5.59. The fraction of sp³-hybridized carbons (Fsp3) is 0.625. The van der Waals surface area contributed by atoms with Crippen molar-refractivity contribution in [1.29, 1.82) is 0 Å². The summed E-state index contributed by atoms with van der Waals surface area (Å²) in [5, 5.41) is 16.2. The summed E-state index contributed by atoms with van der Waals surface area (Å²) in [7, 11) is 0. The molecular weight excluding hydrogens is 216 g/mol. The molecule has 0 saturated heterocycles. The van der Waals surface area contributed by atoms with Crippen LogP contribution in [-0.2, 0) is 4.79 Å². The Morgan fingerprint density at radius 1 is 1.80 bits per heavy atom. The summed E-state index contributed by atoms with van der Waals surface area (Å²) in [6, 6.07) is 0. The molecule has 0 aliphatic heterocycles. The molecule has 1 aromatic heterocycles. The van der Waals surface area contributed by atoms with E-state index < -0.39 is 11.2 Å². The first-order chi connectivity index (χ1) is 7.15. The molecule has 0 amide bonds. The fourth-order valence-corrected chi connectivity index (χ4v) is 1.97. The number of nitrogens with two attached hydrogens (primary N) is 1. The van der Waals surface area contributed by atoms with E-state index in [1.807, 2.05) is 6.92 Å². The monoisotopic (exact) mass is 230 g/mol. The van der Waals surface area contributed by atoms with E-state index in [0.29, 0.717) is 11.6 Å². The first-order valence-electron chi connectivity index (χ1n) is 4.69. The van der Waals surface area contributed by atoms with Gasteiger partial charge in [0.05, 0.1) is 0 Å². The first-order valence-corrected chi connectivity index (χ1v) is 5.57. The van der Waals surface area contributed by atoms with Gasteiger partial charge in [-0.05, 0) is 6.42 Å². The van der Waals surface area contributed by atoms with E-state index in [9.17, 15) is 4.79 Å². The van der Waals surface area contributed by atoms with Gasteiger partial charge >= 0.3 is 5.97 Å². The summed E-state index contributed by atoms with van der Waals surface area (Å²) in [5.41, 5.74) is 0. The highest BCUT2D eigenvalue weighted by atomic mass is 32.2. The van der Waals surface area contributed by atoms with Crippen LogP contribution in [0.4, 0.5) is 0 Å². The highest BCUT2D eigenvalue weighted by molar-refractivity contribution is 8.00. The van der Waals surface area contributed by atoms with Crippen molar-refractivity contribution in [2.45, 2.75) is 36.6 Å². The normalized spacial score (nSPS) is 12.6. The minimum Gasteiger partial charge on any atom is -0.480 e. The molecule has 84 valence electrons. The molecule has 6 nitrogen and oxygen atoms in total. The highest BCUT2D eigenvalue weighted by Gasteiger charge is 2.20. The zero-order chi connectivity index (χ0) is 11.3. The van der Waals surface area contributed by atoms with Crippen molar-refractivity contribution in [3.63, 3.8) is 0 Å². The zero-order valence-corrected chi connectivity index (χ0v) is 9.28. The Labute approximate surface area is 91.8 Å². The summed E-state index contributed by atoms with van der Waals surface area (Å²) in [5.74, 6) is 4.66. The van der Waals surface area contributed by atoms with Crippen LogP contribution in [0, 0.1) is 0 Å². The van der Waals surface area contributed by atoms with E-state index in [-0.39, 0.29) is 0 Å². The van der Waals surface area contributed by atoms with Gasteiger partial charge in [0.25, 0.3) is 0 Å². The number of aromatic nitrogens is 3. The van der Waals surface area contributed by atoms with Crippen molar-refractivity contribution in [2.24, 2.45) is 0 Å². The van der Waals surface area contributed by atoms with Crippen LogP contribution in [0.15, 0.2) is 11.5 Å². The second-order valence-corrected chi connectivity index (χ2v) is 4.28. The Morgan fingerprint density at radius 2 is 2.53 bits per heavy atom. The minimum absolute atomic E-state index is 0.429. The van der Waals surface area contributed by atoms with E-state index in [4.69, 9.17) is 10.9 Å². The van der Waals surface area contributed by atoms with Crippen molar-refractivity contribution >= 4 is 17.7 Å². The molecule has 1 rings (SSSR count). The van der Waals surface area contributed by atoms with Gasteiger partial charge in [0.2, 0.25) is 5.16 Å². The Kier molecular flexibility index (Phi) is 4.41. The van der Waals surface area contributed by atoms with Crippen molar-refractivity contribution in [3.05, 3.63) is 6.33 Å². The number of hydrogen-bond acceptors (Lipinski definition) is 5. The van der Waals surface area contributed by atoms with Gasteiger partial charge < -0.3 is 10.9 Å². The average molecular weight is 230 g/mol. The Hall–Kier alpha value is -1.24. The Morgan fingerprint density at radius 3 is 3.00 bits per heavy atom. The van der Waals surface area contributed by atoms with Gasteiger partial charge in [0.1, 0.15) is 11.6 Å². The van der Waals surface area contributed by atoms with E-state index in [1.165, 1.54) is 11.0 Å². The lowest BCUT2D eigenvalue weighted by atomic mass is 10.2. The molecule has 0 saturated carbocycles. The number of carboxylic acid groups (broad SMARTS) is 1. The number of rotatable bonds is 6. The van der Waals surface area contributed by atoms with Crippen LogP contribution < -0.4 is 5.84 Å². The predicted molar refractivity (Wildman–Crippen MR) is 57.0 cm³/mol. The van der Waals surface area contributed by atoms with Crippen LogP contribution in [0.1, 0.15) is 26.2 Å². The lowest BCUT2D eigenvalue weighted by molar-refractivity contribution is -0.136. The van der Waals surface area contributed by atoms with Gasteiger partial charge in [0, 0.05) is 0 Å². The molecule has 1 heterocycles. The van der Waals surface area contributed by atoms with E-state index in [0.717, 1.165) is 24.6 Å². The van der Waals surface area contributed by atoms with Crippen LogP contribution in [0.25, 0.3) is 0 Å². The molecule has 15 heavy (non-hydrogen) atoms. The number of hydrogen-bond donors (Lipinski definition) is 2. The molecule has 0 bridgehead atoms. The summed E-state index contributed by atoms with van der Waals surface area (Å²) in [4.78, 5) is 10.9. The molecule has 0 fully saturated rings. The van der Waals surface area contributed by atoms with Crippen molar-refractivity contribution < 1.29 is 9.90 Å². The van der Waals surface area contributed by atoms with E-state index in [2.05, 4.69) is 10.2 Å². The predicted octanol–water partition coefficient (Wildman–Crippen LogP) is 0.727. The molecule has 7 heteroatoms. The quantitative estimate of drug-likeness (QED) is 0.552. The largest absolute Gasteiger partial charge is 0.480 e. The topological polar surface area (TPSA) is 94.0 Å². The third-order valence-electron chi connectivity index (χ3n) is 1.88. The molecule has 1 atom stereocenters. The lowest BCUT2D eigenvalue weighted by Crippen LogP contribution is -2.18. The summed E-state index contributed by atoms with van der Waals surface area (Å²) in [6.45, 7) is 2.02. The number of thioether (sulfide) groups is 1. The zero-order valence-electron chi connectivity index (χ0n) is 8.46. The maximum Gasteiger partial charge on any atom is 0.317 e. The van der Waals surface area contributed by atoms with Crippen LogP contribution in [0.2, 0.25) is 0 Å². The van der Waals surface area contributed by atoms with Gasteiger partial charge in [-0.1, -0.05) is 31.5 Å². The van der Waals surface area contributed by atoms with Gasteiger partial charge in [-0.25, -0.2) is 4.68 Å². The average Bonchev–Trinajstić information content (AvgIpc) is 2.58. The number of unbranched alkanes of at least 4 members (excludes halogenated alkanes) is 1. The van der Waals surface area contributed by atoms with Crippen molar-refractivity contribution in [3.8, 4) is 0 Å². The van der Waals surface area contributed by atoms with Gasteiger partial charge in [0.15, 0.2) is 0 Å². The molecule has 1 aromatic rings. The fourth-order valence-electron chi connectivity index (χ4n) is 1.07. The lowest BCUT2D eigenvalue weighted by Gasteiger charge is -2.09. The molecule has 0 aromatic carbocycles. The first kappa shape index (κ1) is 11.8. The molecular formula is C8H14N4O2S. The van der Waals surface area contributed by atoms with Crippen molar-refractivity contribution in [2.75, 3.05) is 5.84 Å². The smallest absolute Gasteiger partial charge is 0.317 e. The third-order valence-corrected chi connectivity index (χ3v) is 3.11. The van der Waals surface area contributed by atoms with Crippen LogP contribution in [0.5, 0.6) is 0 Å². The Bertz CT molecular complexity index is 328. The van der Waals surface area contributed by atoms with Gasteiger partial charge in [-0.3, -0.25) is 4.79 Å². The number of carbonyl (C=O) groups is 1. The summed E-state index contributed by atoms with van der Waals surface area (Å²) in [6.07, 6.45) is 3.81. The molecule has 0 radical (unpaired) electrons. The number of nitrogens with zero attached hydrogens (tertiary/aromatic N) is 3. The maximum absolute atomic E-state index is 10.9. The van der Waals surface area contributed by atoms with E-state index >= 15 is 0 Å². The molecule has 3 N–H and O–H groups in total. The Balaban J connectivity index is 2.59. The number of aliphatic carboxylic acids is 1. The van der Waals surface area contributed by atoms with Crippen molar-refractivity contribution in [1.82, 2.24) is 14.9 Å². The van der Waals surface area contributed by atoms with Crippen LogP contribution in [0.3, 0.4) is 0 Å². The SMILES string of the molecule is CCCCC(Sc1nncn1N)C(=O)O. The van der Waals surface area contributed by atoms with Gasteiger partial charge in [-0.15, -0.1) is 10.2 Å². The molecule has 0 aliphatic rings. The minimum atomic E-state index is -0.837. The summed E-state index contributed by atoms with van der Waals surface area (Å²) >= 11 is 1.13. The van der Waals surface area contributed by atoms with Crippen LogP contribution in [-0.4, -0.2) is 31.2 Å². The molecule has 0 aliphatic carbocycles. The second-order valence-electron chi connectivity index (χ2n) is 3.11. The summed E-state index contributed by atoms with van der Waals surface area (Å²) < 4.78 is 1.23. The van der Waals surface area contributed by atoms with E-state index in [1.54, 1.807) is 0 Å². The third kappa shape index (κ3) is 3.43. The number of carboxylic acids is 1. The van der Waals surface area contributed by atoms with Gasteiger partial charge in [-0.2, -0.15) is 0 Å². The van der Waals surface area contributed by atoms with Crippen LogP contribution >= 0.6 is 11.8 Å². The molecule has 0 spiro atoms. The standard InChI is InChI=1S/C8H14N4O2S/c1-2-3-4-6(7(13)14)15-8-11-10-5-12(8)9/h5-6H,2-4,9H2,1H3,(H,13,14). The molecule has 1 unspecified atom stereocenters. The number of nitrogen functional groups attached to an aromatic ring is 1.